The van der Waals surface area contributed by atoms with Crippen molar-refractivity contribution in [2.45, 2.75) is 57.0 Å². The number of rotatable bonds is 7. The van der Waals surface area contributed by atoms with Crippen LogP contribution in [0.15, 0.2) is 65.9 Å². The third kappa shape index (κ3) is 3.85. The Morgan fingerprint density at radius 2 is 2.00 bits per heavy atom. The Labute approximate surface area is 220 Å². The van der Waals surface area contributed by atoms with Crippen LogP contribution in [0.2, 0.25) is 0 Å². The van der Waals surface area contributed by atoms with Crippen LogP contribution in [0.1, 0.15) is 56.0 Å². The van der Waals surface area contributed by atoms with Crippen molar-refractivity contribution in [2.24, 2.45) is 0 Å². The normalized spacial score (nSPS) is 22.7. The summed E-state index contributed by atoms with van der Waals surface area (Å²) in [7, 11) is 0. The number of carbonyl (C=O) groups is 1. The summed E-state index contributed by atoms with van der Waals surface area (Å²) in [6, 6.07) is 16.9. The molecule has 1 aromatic heterocycles. The number of aliphatic carboxylic acids is 1. The number of nitrogens with zero attached hydrogens (tertiary/aromatic N) is 2. The number of hydrogen-bond acceptors (Lipinski definition) is 6. The summed E-state index contributed by atoms with van der Waals surface area (Å²) in [6.07, 6.45) is 6.85. The largest absolute Gasteiger partial charge is 0.481 e. The first-order chi connectivity index (χ1) is 17.5. The molecular formula is C29H28N2O3S2. The molecule has 0 radical (unpaired) electrons. The van der Waals surface area contributed by atoms with Gasteiger partial charge in [0.05, 0.1) is 15.8 Å². The zero-order valence-corrected chi connectivity index (χ0v) is 21.8. The highest BCUT2D eigenvalue weighted by Gasteiger charge is 2.48. The van der Waals surface area contributed by atoms with Crippen molar-refractivity contribution in [3.63, 3.8) is 0 Å². The van der Waals surface area contributed by atoms with Crippen molar-refractivity contribution in [1.29, 1.82) is 0 Å². The lowest BCUT2D eigenvalue weighted by Crippen LogP contribution is -2.41. The van der Waals surface area contributed by atoms with E-state index >= 15 is 0 Å². The Kier molecular flexibility index (Phi) is 5.92. The number of hydrogen-bond donors (Lipinski definition) is 1. The van der Waals surface area contributed by atoms with E-state index in [1.165, 1.54) is 22.5 Å². The number of benzene rings is 2. The smallest absolute Gasteiger partial charge is 0.303 e. The van der Waals surface area contributed by atoms with Gasteiger partial charge < -0.3 is 14.7 Å². The minimum atomic E-state index is -0.721. The van der Waals surface area contributed by atoms with Gasteiger partial charge in [-0.2, -0.15) is 0 Å². The highest BCUT2D eigenvalue weighted by molar-refractivity contribution is 7.81. The Morgan fingerprint density at radius 3 is 2.83 bits per heavy atom. The van der Waals surface area contributed by atoms with E-state index in [2.05, 4.69) is 48.2 Å². The Balaban J connectivity index is 1.43. The van der Waals surface area contributed by atoms with E-state index in [1.54, 1.807) is 11.3 Å². The molecule has 0 amide bonds. The van der Waals surface area contributed by atoms with E-state index < -0.39 is 5.97 Å². The highest BCUT2D eigenvalue weighted by atomic mass is 32.1. The molecule has 2 atom stereocenters. The average molecular weight is 517 g/mol. The molecule has 0 fully saturated rings. The second kappa shape index (κ2) is 9.12. The monoisotopic (exact) mass is 516 g/mol. The van der Waals surface area contributed by atoms with E-state index in [0.717, 1.165) is 53.0 Å². The van der Waals surface area contributed by atoms with Crippen molar-refractivity contribution in [2.75, 3.05) is 11.4 Å². The fourth-order valence-electron chi connectivity index (χ4n) is 5.99. The lowest BCUT2D eigenvalue weighted by atomic mass is 9.74. The second-order valence-corrected chi connectivity index (χ2v) is 11.4. The number of carboxylic acids is 1. The first kappa shape index (κ1) is 23.4. The van der Waals surface area contributed by atoms with E-state index in [4.69, 9.17) is 27.0 Å². The van der Waals surface area contributed by atoms with Crippen molar-refractivity contribution >= 4 is 56.1 Å². The maximum absolute atomic E-state index is 11.0. The zero-order valence-electron chi connectivity index (χ0n) is 20.2. The van der Waals surface area contributed by atoms with Gasteiger partial charge in [-0.15, -0.1) is 11.3 Å². The molecule has 7 heteroatoms. The maximum Gasteiger partial charge on any atom is 0.303 e. The molecule has 5 nitrogen and oxygen atoms in total. The summed E-state index contributed by atoms with van der Waals surface area (Å²) in [5.41, 5.74) is 6.82. The molecule has 0 spiro atoms. The van der Waals surface area contributed by atoms with Gasteiger partial charge in [0.25, 0.3) is 0 Å². The summed E-state index contributed by atoms with van der Waals surface area (Å²) in [4.78, 5) is 18.3. The van der Waals surface area contributed by atoms with Crippen molar-refractivity contribution in [3.05, 3.63) is 76.4 Å². The summed E-state index contributed by atoms with van der Waals surface area (Å²) < 4.78 is 7.54. The summed E-state index contributed by atoms with van der Waals surface area (Å²) in [5, 5.41) is 10.5. The quantitative estimate of drug-likeness (QED) is 0.273. The van der Waals surface area contributed by atoms with Crippen LogP contribution < -0.4 is 4.90 Å². The van der Waals surface area contributed by atoms with E-state index in [1.807, 2.05) is 18.2 Å². The molecule has 6 rings (SSSR count). The van der Waals surface area contributed by atoms with Crippen LogP contribution in [0.3, 0.4) is 0 Å². The zero-order chi connectivity index (χ0) is 24.9. The van der Waals surface area contributed by atoms with Crippen LogP contribution in [0.5, 0.6) is 0 Å². The molecule has 2 aromatic carbocycles. The molecule has 3 aliphatic heterocycles. The van der Waals surface area contributed by atoms with Crippen LogP contribution in [0, 0.1) is 0 Å². The first-order valence-corrected chi connectivity index (χ1v) is 13.8. The third-order valence-corrected chi connectivity index (χ3v) is 9.06. The third-order valence-electron chi connectivity index (χ3n) is 7.68. The minimum Gasteiger partial charge on any atom is -0.481 e. The van der Waals surface area contributed by atoms with Gasteiger partial charge in [0.2, 0.25) is 0 Å². The minimum absolute atomic E-state index is 0.0532. The standard InChI is InChI=1S/C29H28N2O3S2/c1-29(15-8-2-3-13-25(32)33)20-9-4-6-11-22(20)31-16-14-23-18(26(29)31)17-19(28(35)34-23)27-30-21-10-5-7-12-24(21)36-27/h4-7,9-12,17,23H,2-3,8,13-16H2,1H3,(H,32,33). The fraction of sp³-hybridized carbons (Fsp3) is 0.345. The molecular weight excluding hydrogens is 488 g/mol. The molecule has 2 unspecified atom stereocenters. The second-order valence-electron chi connectivity index (χ2n) is 9.99. The predicted octanol–water partition coefficient (Wildman–Crippen LogP) is 6.88. The number of aromatic nitrogens is 1. The van der Waals surface area contributed by atoms with Crippen LogP contribution in [0.25, 0.3) is 15.8 Å². The molecule has 0 saturated carbocycles. The summed E-state index contributed by atoms with van der Waals surface area (Å²) >= 11 is 7.39. The van der Waals surface area contributed by atoms with Gasteiger partial charge in [-0.05, 0) is 61.8 Å². The maximum atomic E-state index is 11.0. The molecule has 184 valence electrons. The average Bonchev–Trinajstić information content (AvgIpc) is 3.41. The fourth-order valence-corrected chi connectivity index (χ4v) is 7.31. The Morgan fingerprint density at radius 1 is 1.19 bits per heavy atom. The van der Waals surface area contributed by atoms with Crippen LogP contribution in [0.4, 0.5) is 5.69 Å². The summed E-state index contributed by atoms with van der Waals surface area (Å²) in [6.45, 7) is 3.23. The van der Waals surface area contributed by atoms with E-state index in [0.29, 0.717) is 11.5 Å². The van der Waals surface area contributed by atoms with Gasteiger partial charge in [0.15, 0.2) is 5.05 Å². The van der Waals surface area contributed by atoms with Crippen LogP contribution in [-0.2, 0) is 14.9 Å². The molecule has 0 saturated heterocycles. The summed E-state index contributed by atoms with van der Waals surface area (Å²) in [5.74, 6) is -0.721. The van der Waals surface area contributed by atoms with Gasteiger partial charge >= 0.3 is 5.97 Å². The number of thiocarbonyl (C=S) groups is 1. The number of allylic oxidation sites excluding steroid dienone is 1. The molecule has 3 aliphatic rings. The van der Waals surface area contributed by atoms with E-state index in [9.17, 15) is 4.79 Å². The molecule has 1 N–H and O–H groups in total. The van der Waals surface area contributed by atoms with Gasteiger partial charge in [0, 0.05) is 41.8 Å². The molecule has 3 aromatic rings. The first-order valence-electron chi connectivity index (χ1n) is 12.6. The number of carboxylic acid groups (broad SMARTS) is 1. The lowest BCUT2D eigenvalue weighted by molar-refractivity contribution is -0.137. The number of thiazole rings is 1. The number of anilines is 1. The molecule has 36 heavy (non-hydrogen) atoms. The number of ether oxygens (including phenoxy) is 1. The van der Waals surface area contributed by atoms with Gasteiger partial charge in [0.1, 0.15) is 11.1 Å². The van der Waals surface area contributed by atoms with E-state index in [-0.39, 0.29) is 17.9 Å². The van der Waals surface area contributed by atoms with Crippen LogP contribution >= 0.6 is 23.6 Å². The van der Waals surface area contributed by atoms with Crippen molar-refractivity contribution in [3.8, 4) is 0 Å². The predicted molar refractivity (Wildman–Crippen MR) is 149 cm³/mol. The number of para-hydroxylation sites is 2. The van der Waals surface area contributed by atoms with Crippen LogP contribution in [-0.4, -0.2) is 33.8 Å². The van der Waals surface area contributed by atoms with Gasteiger partial charge in [-0.3, -0.25) is 4.79 Å². The Hall–Kier alpha value is -3.03. The molecule has 4 heterocycles. The van der Waals surface area contributed by atoms with Crippen molar-refractivity contribution in [1.82, 2.24) is 4.98 Å². The molecule has 0 bridgehead atoms. The topological polar surface area (TPSA) is 62.7 Å². The van der Waals surface area contributed by atoms with Gasteiger partial charge in [-0.1, -0.05) is 43.2 Å². The SMILES string of the molecule is CC1(CCCCCC(=O)O)C2=C3C=C(c4nc5ccccc5s4)C(=S)OC3CCN2c2ccccc21. The van der Waals surface area contributed by atoms with Crippen molar-refractivity contribution < 1.29 is 14.6 Å². The molecule has 0 aliphatic carbocycles. The highest BCUT2D eigenvalue weighted by Crippen LogP contribution is 2.55. The van der Waals surface area contributed by atoms with Gasteiger partial charge in [-0.25, -0.2) is 4.98 Å². The number of fused-ring (bicyclic) bond motifs is 5. The Bertz CT molecular complexity index is 1410. The lowest BCUT2D eigenvalue weighted by Gasteiger charge is -2.40. The number of unbranched alkanes of at least 4 members (excludes halogenated alkanes) is 2.